The van der Waals surface area contributed by atoms with Gasteiger partial charge in [-0.3, -0.25) is 9.59 Å². The third-order valence-electron chi connectivity index (χ3n) is 5.93. The molecule has 0 radical (unpaired) electrons. The zero-order valence-electron chi connectivity index (χ0n) is 21.2. The Morgan fingerprint density at radius 1 is 0.857 bits per heavy atom. The molecule has 3 rings (SSSR count). The van der Waals surface area contributed by atoms with Gasteiger partial charge in [0, 0.05) is 12.1 Å². The van der Waals surface area contributed by atoms with E-state index in [1.54, 1.807) is 12.1 Å². The maximum absolute atomic E-state index is 12.2. The average Bonchev–Trinajstić information content (AvgIpc) is 2.82. The van der Waals surface area contributed by atoms with Gasteiger partial charge in [-0.15, -0.1) is 0 Å². The molecule has 3 aromatic rings. The van der Waals surface area contributed by atoms with E-state index in [1.165, 1.54) is 11.1 Å². The smallest absolute Gasteiger partial charge is 0.305 e. The standard InChI is InChI=1S/C30H35NO4/c1-20(2)28(23-6-8-24(9-7-23)29(34)31-19-18-27(32)33)35-26-16-12-22(13-17-26)21-10-14-25(15-11-21)30(3,4)5/h6-17,20,28H,18-19H2,1-5H3,(H,31,34)(H,32,33). The van der Waals surface area contributed by atoms with Crippen LogP contribution in [0.25, 0.3) is 11.1 Å². The van der Waals surface area contributed by atoms with Crippen molar-refractivity contribution in [2.45, 2.75) is 52.6 Å². The molecular weight excluding hydrogens is 438 g/mol. The minimum atomic E-state index is -0.941. The van der Waals surface area contributed by atoms with E-state index in [-0.39, 0.29) is 36.3 Å². The van der Waals surface area contributed by atoms with Crippen LogP contribution in [0, 0.1) is 5.92 Å². The van der Waals surface area contributed by atoms with E-state index in [2.05, 4.69) is 76.3 Å². The lowest BCUT2D eigenvalue weighted by molar-refractivity contribution is -0.136. The minimum Gasteiger partial charge on any atom is -0.485 e. The van der Waals surface area contributed by atoms with Gasteiger partial charge in [0.2, 0.25) is 0 Å². The Bertz CT molecular complexity index is 1120. The number of carboxylic acid groups (broad SMARTS) is 1. The molecule has 0 heterocycles. The highest BCUT2D eigenvalue weighted by Crippen LogP contribution is 2.31. The van der Waals surface area contributed by atoms with Gasteiger partial charge in [-0.2, -0.15) is 0 Å². The molecule has 0 aliphatic carbocycles. The molecule has 1 amide bonds. The lowest BCUT2D eigenvalue weighted by atomic mass is 9.86. The first-order chi connectivity index (χ1) is 16.5. The van der Waals surface area contributed by atoms with Crippen LogP contribution in [0.3, 0.4) is 0 Å². The van der Waals surface area contributed by atoms with Crippen LogP contribution in [-0.2, 0) is 10.2 Å². The maximum Gasteiger partial charge on any atom is 0.305 e. The van der Waals surface area contributed by atoms with Crippen molar-refractivity contribution in [2.24, 2.45) is 5.92 Å². The summed E-state index contributed by atoms with van der Waals surface area (Å²) in [5, 5.41) is 11.3. The summed E-state index contributed by atoms with van der Waals surface area (Å²) in [6.07, 6.45) is -0.273. The predicted molar refractivity (Wildman–Crippen MR) is 140 cm³/mol. The topological polar surface area (TPSA) is 75.6 Å². The molecule has 5 nitrogen and oxygen atoms in total. The first-order valence-electron chi connectivity index (χ1n) is 12.0. The molecule has 0 saturated carbocycles. The Morgan fingerprint density at radius 2 is 1.40 bits per heavy atom. The Kier molecular flexibility index (Phi) is 8.34. The Balaban J connectivity index is 1.68. The zero-order chi connectivity index (χ0) is 25.6. The number of rotatable bonds is 9. The van der Waals surface area contributed by atoms with Crippen LogP contribution in [0.5, 0.6) is 5.75 Å². The summed E-state index contributed by atoms with van der Waals surface area (Å²) in [7, 11) is 0. The molecule has 35 heavy (non-hydrogen) atoms. The normalized spacial score (nSPS) is 12.3. The van der Waals surface area contributed by atoms with E-state index < -0.39 is 5.97 Å². The second kappa shape index (κ2) is 11.2. The average molecular weight is 474 g/mol. The van der Waals surface area contributed by atoms with Crippen molar-refractivity contribution in [2.75, 3.05) is 6.54 Å². The van der Waals surface area contributed by atoms with Crippen LogP contribution in [0.2, 0.25) is 0 Å². The number of carbonyl (C=O) groups is 2. The summed E-state index contributed by atoms with van der Waals surface area (Å²) in [5.41, 5.74) is 5.21. The van der Waals surface area contributed by atoms with E-state index in [9.17, 15) is 9.59 Å². The van der Waals surface area contributed by atoms with Gasteiger partial charge in [-0.25, -0.2) is 0 Å². The Morgan fingerprint density at radius 3 is 1.89 bits per heavy atom. The van der Waals surface area contributed by atoms with Gasteiger partial charge in [0.15, 0.2) is 0 Å². The van der Waals surface area contributed by atoms with Gasteiger partial charge in [0.1, 0.15) is 11.9 Å². The Labute approximate surface area is 208 Å². The minimum absolute atomic E-state index is 0.102. The first-order valence-corrected chi connectivity index (χ1v) is 12.0. The van der Waals surface area contributed by atoms with E-state index >= 15 is 0 Å². The number of ether oxygens (including phenoxy) is 1. The van der Waals surface area contributed by atoms with Crippen molar-refractivity contribution < 1.29 is 19.4 Å². The number of carboxylic acids is 1. The molecule has 1 unspecified atom stereocenters. The molecule has 0 spiro atoms. The fourth-order valence-electron chi connectivity index (χ4n) is 3.83. The van der Waals surface area contributed by atoms with E-state index in [0.29, 0.717) is 5.56 Å². The number of benzene rings is 3. The first kappa shape index (κ1) is 26.0. The SMILES string of the molecule is CC(C)C(Oc1ccc(-c2ccc(C(C)(C)C)cc2)cc1)c1ccc(C(=O)NCCC(=O)O)cc1. The van der Waals surface area contributed by atoms with Gasteiger partial charge in [-0.1, -0.05) is 83.1 Å². The van der Waals surface area contributed by atoms with Crippen LogP contribution < -0.4 is 10.1 Å². The zero-order valence-corrected chi connectivity index (χ0v) is 21.2. The van der Waals surface area contributed by atoms with E-state index in [4.69, 9.17) is 9.84 Å². The van der Waals surface area contributed by atoms with Crippen molar-refractivity contribution in [1.82, 2.24) is 5.32 Å². The second-order valence-corrected chi connectivity index (χ2v) is 10.2. The van der Waals surface area contributed by atoms with Crippen LogP contribution in [0.1, 0.15) is 68.6 Å². The van der Waals surface area contributed by atoms with Crippen LogP contribution >= 0.6 is 0 Å². The second-order valence-electron chi connectivity index (χ2n) is 10.2. The van der Waals surface area contributed by atoms with Gasteiger partial charge in [-0.05, 0) is 57.9 Å². The molecule has 184 valence electrons. The summed E-state index contributed by atoms with van der Waals surface area (Å²) < 4.78 is 6.34. The third kappa shape index (κ3) is 7.19. The summed E-state index contributed by atoms with van der Waals surface area (Å²) in [5.74, 6) is -0.223. The largest absolute Gasteiger partial charge is 0.485 e. The Hall–Kier alpha value is -3.60. The molecule has 1 atom stereocenters. The van der Waals surface area contributed by atoms with Crippen molar-refractivity contribution in [3.05, 3.63) is 89.5 Å². The van der Waals surface area contributed by atoms with E-state index in [0.717, 1.165) is 16.9 Å². The van der Waals surface area contributed by atoms with Gasteiger partial charge in [0.25, 0.3) is 5.91 Å². The molecule has 2 N–H and O–H groups in total. The molecular formula is C30H35NO4. The van der Waals surface area contributed by atoms with Gasteiger partial charge in [0.05, 0.1) is 6.42 Å². The number of carbonyl (C=O) groups excluding carboxylic acids is 1. The number of hydrogen-bond acceptors (Lipinski definition) is 3. The fraction of sp³-hybridized carbons (Fsp3) is 0.333. The quantitative estimate of drug-likeness (QED) is 0.366. The molecule has 0 aliphatic heterocycles. The van der Waals surface area contributed by atoms with Crippen molar-refractivity contribution in [1.29, 1.82) is 0 Å². The molecule has 0 saturated heterocycles. The highest BCUT2D eigenvalue weighted by Gasteiger charge is 2.19. The molecule has 0 aliphatic rings. The number of nitrogens with one attached hydrogen (secondary N) is 1. The lowest BCUT2D eigenvalue weighted by Gasteiger charge is -2.23. The monoisotopic (exact) mass is 473 g/mol. The lowest BCUT2D eigenvalue weighted by Crippen LogP contribution is -2.26. The summed E-state index contributed by atoms with van der Waals surface area (Å²) >= 11 is 0. The molecule has 3 aromatic carbocycles. The van der Waals surface area contributed by atoms with Crippen molar-refractivity contribution >= 4 is 11.9 Å². The van der Waals surface area contributed by atoms with Crippen LogP contribution in [0.15, 0.2) is 72.8 Å². The predicted octanol–water partition coefficient (Wildman–Crippen LogP) is 6.63. The third-order valence-corrected chi connectivity index (χ3v) is 5.93. The fourth-order valence-corrected chi connectivity index (χ4v) is 3.83. The number of hydrogen-bond donors (Lipinski definition) is 2. The maximum atomic E-state index is 12.2. The molecule has 5 heteroatoms. The highest BCUT2D eigenvalue weighted by molar-refractivity contribution is 5.94. The van der Waals surface area contributed by atoms with Crippen LogP contribution in [-0.4, -0.2) is 23.5 Å². The van der Waals surface area contributed by atoms with Crippen molar-refractivity contribution in [3.8, 4) is 16.9 Å². The van der Waals surface area contributed by atoms with Gasteiger partial charge >= 0.3 is 5.97 Å². The summed E-state index contributed by atoms with van der Waals surface area (Å²) in [6, 6.07) is 24.1. The van der Waals surface area contributed by atoms with E-state index in [1.807, 2.05) is 24.3 Å². The van der Waals surface area contributed by atoms with Gasteiger partial charge < -0.3 is 15.2 Å². The van der Waals surface area contributed by atoms with Crippen LogP contribution in [0.4, 0.5) is 0 Å². The summed E-state index contributed by atoms with van der Waals surface area (Å²) in [6.45, 7) is 10.9. The number of amides is 1. The summed E-state index contributed by atoms with van der Waals surface area (Å²) in [4.78, 5) is 22.8. The molecule has 0 aromatic heterocycles. The number of aliphatic carboxylic acids is 1. The molecule has 0 bridgehead atoms. The van der Waals surface area contributed by atoms with Crippen molar-refractivity contribution in [3.63, 3.8) is 0 Å². The molecule has 0 fully saturated rings. The highest BCUT2D eigenvalue weighted by atomic mass is 16.5.